The fraction of sp³-hybridized carbons (Fsp3) is 0.238. The van der Waals surface area contributed by atoms with Gasteiger partial charge in [-0.05, 0) is 56.2 Å². The first-order valence-electron chi connectivity index (χ1n) is 9.15. The number of para-hydroxylation sites is 1. The van der Waals surface area contributed by atoms with E-state index in [-0.39, 0.29) is 0 Å². The molecular weight excluding hydrogens is 386 g/mol. The summed E-state index contributed by atoms with van der Waals surface area (Å²) in [5.74, 6) is 3.05. The van der Waals surface area contributed by atoms with Crippen LogP contribution in [0.25, 0.3) is 17.1 Å². The molecule has 0 fully saturated rings. The summed E-state index contributed by atoms with van der Waals surface area (Å²) in [6.07, 6.45) is 0. The Morgan fingerprint density at radius 2 is 1.86 bits per heavy atom. The van der Waals surface area contributed by atoms with Crippen molar-refractivity contribution in [2.24, 2.45) is 0 Å². The zero-order chi connectivity index (χ0) is 20.4. The third kappa shape index (κ3) is 3.88. The van der Waals surface area contributed by atoms with Gasteiger partial charge in [-0.25, -0.2) is 0 Å². The summed E-state index contributed by atoms with van der Waals surface area (Å²) in [7, 11) is 1.62. The van der Waals surface area contributed by atoms with Gasteiger partial charge in [0.15, 0.2) is 5.16 Å². The second-order valence-electron chi connectivity index (χ2n) is 6.63. The number of methoxy groups -OCH3 is 1. The minimum absolute atomic E-state index is 0.491. The summed E-state index contributed by atoms with van der Waals surface area (Å²) < 4.78 is 12.8. The zero-order valence-corrected chi connectivity index (χ0v) is 17.5. The number of ether oxygens (including phenoxy) is 1. The van der Waals surface area contributed by atoms with Crippen LogP contribution in [-0.2, 0) is 5.75 Å². The number of hydrogen-bond donors (Lipinski definition) is 0. The van der Waals surface area contributed by atoms with Crippen LogP contribution >= 0.6 is 11.8 Å². The third-order valence-electron chi connectivity index (χ3n) is 4.68. The van der Waals surface area contributed by atoms with Crippen molar-refractivity contribution < 1.29 is 9.26 Å². The largest absolute Gasteiger partial charge is 0.496 e. The number of aryl methyl sites for hydroxylation is 3. The highest BCUT2D eigenvalue weighted by Crippen LogP contribution is 2.29. The molecule has 0 saturated heterocycles. The van der Waals surface area contributed by atoms with Crippen molar-refractivity contribution in [2.75, 3.05) is 7.11 Å². The van der Waals surface area contributed by atoms with Crippen molar-refractivity contribution >= 4 is 11.8 Å². The highest BCUT2D eigenvalue weighted by molar-refractivity contribution is 7.98. The van der Waals surface area contributed by atoms with E-state index in [1.165, 1.54) is 22.9 Å². The molecule has 2 aromatic heterocycles. The SMILES string of the molecule is COc1ccccc1-c1noc(CSc2nnc(C)n2-c2ccc(C)c(C)c2)n1. The molecule has 0 unspecified atom stereocenters. The van der Waals surface area contributed by atoms with Gasteiger partial charge >= 0.3 is 0 Å². The molecule has 7 nitrogen and oxygen atoms in total. The maximum atomic E-state index is 5.43. The van der Waals surface area contributed by atoms with Crippen molar-refractivity contribution in [1.82, 2.24) is 24.9 Å². The smallest absolute Gasteiger partial charge is 0.237 e. The molecule has 2 aromatic carbocycles. The maximum absolute atomic E-state index is 5.43. The Hall–Kier alpha value is -3.13. The maximum Gasteiger partial charge on any atom is 0.237 e. The van der Waals surface area contributed by atoms with Crippen LogP contribution < -0.4 is 4.74 Å². The van der Waals surface area contributed by atoms with Crippen molar-refractivity contribution in [3.8, 4) is 22.8 Å². The van der Waals surface area contributed by atoms with E-state index < -0.39 is 0 Å². The normalized spacial score (nSPS) is 11.0. The third-order valence-corrected chi connectivity index (χ3v) is 5.60. The molecule has 0 saturated carbocycles. The van der Waals surface area contributed by atoms with Crippen molar-refractivity contribution in [3.05, 3.63) is 65.3 Å². The molecule has 148 valence electrons. The van der Waals surface area contributed by atoms with Gasteiger partial charge in [0.25, 0.3) is 0 Å². The quantitative estimate of drug-likeness (QED) is 0.434. The predicted octanol–water partition coefficient (Wildman–Crippen LogP) is 4.54. The molecule has 29 heavy (non-hydrogen) atoms. The number of nitrogens with zero attached hydrogens (tertiary/aromatic N) is 5. The first kappa shape index (κ1) is 19.2. The Bertz CT molecular complexity index is 1150. The van der Waals surface area contributed by atoms with Crippen LogP contribution in [0.1, 0.15) is 22.8 Å². The minimum Gasteiger partial charge on any atom is -0.496 e. The highest BCUT2D eigenvalue weighted by Gasteiger charge is 2.16. The van der Waals surface area contributed by atoms with E-state index in [0.29, 0.717) is 23.2 Å². The summed E-state index contributed by atoms with van der Waals surface area (Å²) in [5.41, 5.74) is 4.32. The average Bonchev–Trinajstić information content (AvgIpc) is 3.35. The number of benzene rings is 2. The van der Waals surface area contributed by atoms with Gasteiger partial charge in [0.05, 0.1) is 18.4 Å². The van der Waals surface area contributed by atoms with Gasteiger partial charge in [-0.3, -0.25) is 4.57 Å². The summed E-state index contributed by atoms with van der Waals surface area (Å²) in [5, 5.41) is 13.4. The Kier molecular flexibility index (Phi) is 5.35. The standard InChI is InChI=1S/C21H21N5O2S/c1-13-9-10-16(11-14(13)2)26-15(3)23-24-21(26)29-12-19-22-20(25-28-19)17-7-5-6-8-18(17)27-4/h5-11H,12H2,1-4H3. The van der Waals surface area contributed by atoms with E-state index in [1.807, 2.05) is 35.8 Å². The van der Waals surface area contributed by atoms with Gasteiger partial charge in [-0.15, -0.1) is 10.2 Å². The van der Waals surface area contributed by atoms with E-state index in [2.05, 4.69) is 52.4 Å². The van der Waals surface area contributed by atoms with E-state index >= 15 is 0 Å². The Morgan fingerprint density at radius 1 is 1.03 bits per heavy atom. The monoisotopic (exact) mass is 407 g/mol. The van der Waals surface area contributed by atoms with Crippen LogP contribution in [0.3, 0.4) is 0 Å². The lowest BCUT2D eigenvalue weighted by molar-refractivity contribution is 0.390. The number of aromatic nitrogens is 5. The molecule has 0 aliphatic carbocycles. The first-order valence-corrected chi connectivity index (χ1v) is 10.1. The van der Waals surface area contributed by atoms with Crippen molar-refractivity contribution in [3.63, 3.8) is 0 Å². The molecule has 0 aliphatic heterocycles. The van der Waals surface area contributed by atoms with Crippen LogP contribution in [0, 0.1) is 20.8 Å². The number of hydrogen-bond acceptors (Lipinski definition) is 7. The van der Waals surface area contributed by atoms with Crippen LogP contribution in [0.2, 0.25) is 0 Å². The van der Waals surface area contributed by atoms with Gasteiger partial charge in [0, 0.05) is 5.69 Å². The molecule has 0 radical (unpaired) electrons. The van der Waals surface area contributed by atoms with Gasteiger partial charge < -0.3 is 9.26 Å². The molecule has 0 atom stereocenters. The highest BCUT2D eigenvalue weighted by atomic mass is 32.2. The van der Waals surface area contributed by atoms with Gasteiger partial charge in [0.2, 0.25) is 11.7 Å². The second-order valence-corrected chi connectivity index (χ2v) is 7.58. The molecule has 4 aromatic rings. The topological polar surface area (TPSA) is 78.9 Å². The summed E-state index contributed by atoms with van der Waals surface area (Å²) in [6.45, 7) is 6.14. The van der Waals surface area contributed by atoms with E-state index in [1.54, 1.807) is 7.11 Å². The van der Waals surface area contributed by atoms with E-state index in [9.17, 15) is 0 Å². The molecular formula is C21H21N5O2S. The van der Waals surface area contributed by atoms with Crippen LogP contribution in [0.15, 0.2) is 52.1 Å². The molecule has 2 heterocycles. The molecule has 0 N–H and O–H groups in total. The molecule has 0 amide bonds. The Balaban J connectivity index is 1.55. The molecule has 4 rings (SSSR count). The molecule has 8 heteroatoms. The molecule has 0 bridgehead atoms. The second kappa shape index (κ2) is 8.08. The summed E-state index contributed by atoms with van der Waals surface area (Å²) in [4.78, 5) is 4.50. The van der Waals surface area contributed by atoms with Gasteiger partial charge in [0.1, 0.15) is 11.6 Å². The van der Waals surface area contributed by atoms with E-state index in [4.69, 9.17) is 9.26 Å². The average molecular weight is 407 g/mol. The summed E-state index contributed by atoms with van der Waals surface area (Å²) >= 11 is 1.51. The fourth-order valence-corrected chi connectivity index (χ4v) is 3.81. The minimum atomic E-state index is 0.491. The van der Waals surface area contributed by atoms with Crippen LogP contribution in [-0.4, -0.2) is 32.0 Å². The first-order chi connectivity index (χ1) is 14.1. The molecule has 0 aliphatic rings. The lowest BCUT2D eigenvalue weighted by Gasteiger charge is -2.10. The molecule has 0 spiro atoms. The van der Waals surface area contributed by atoms with Crippen molar-refractivity contribution in [1.29, 1.82) is 0 Å². The predicted molar refractivity (Wildman–Crippen MR) is 111 cm³/mol. The van der Waals surface area contributed by atoms with Gasteiger partial charge in [-0.1, -0.05) is 35.1 Å². The van der Waals surface area contributed by atoms with Crippen molar-refractivity contribution in [2.45, 2.75) is 31.7 Å². The fourth-order valence-electron chi connectivity index (χ4n) is 2.98. The lowest BCUT2D eigenvalue weighted by Crippen LogP contribution is -2.00. The zero-order valence-electron chi connectivity index (χ0n) is 16.7. The van der Waals surface area contributed by atoms with Crippen LogP contribution in [0.5, 0.6) is 5.75 Å². The lowest BCUT2D eigenvalue weighted by atomic mass is 10.1. The van der Waals surface area contributed by atoms with Gasteiger partial charge in [-0.2, -0.15) is 4.98 Å². The summed E-state index contributed by atoms with van der Waals surface area (Å²) in [6, 6.07) is 13.9. The Labute approximate surface area is 173 Å². The van der Waals surface area contributed by atoms with E-state index in [0.717, 1.165) is 22.2 Å². The van der Waals surface area contributed by atoms with Crippen LogP contribution in [0.4, 0.5) is 0 Å². The number of thioether (sulfide) groups is 1. The Morgan fingerprint density at radius 3 is 2.66 bits per heavy atom. The number of rotatable bonds is 6.